The SMILES string of the molecule is CC(F)OC1CCC(Nc2ncc(C(N)=O)c(CC3CCC3)n2)CC1.CC1(C)CCC(Nc2nc(NC34CC(C3)C4)ncc2C(N)=O)CC1O.CC1(Nc2ncc(C(N)=O)c(NC3CCC(C)(C)C(O)C3)n2)CC1.C[C@H]1CCC[C@@H](Nc2ncc(C(N)=O)c(CC3CCC3)n2)C1.NC(=O)c1cnc(NC2CCC(OC3CC3)CC2)nc1CC1CCC1.NC(=O)c1cnc(NC2CCCCC2)nc1CC1CCC1. The lowest BCUT2D eigenvalue weighted by molar-refractivity contribution is -0.0862. The highest BCUT2D eigenvalue weighted by Crippen LogP contribution is 2.58. The van der Waals surface area contributed by atoms with Crippen molar-refractivity contribution in [3.8, 4) is 0 Å². The summed E-state index contributed by atoms with van der Waals surface area (Å²) in [5.74, 6) is 5.73. The van der Waals surface area contributed by atoms with E-state index in [1.165, 1.54) is 192 Å². The fraction of sp³-hybridized carbons (Fsp3) is 0.714. The summed E-state index contributed by atoms with van der Waals surface area (Å²) in [5.41, 5.74) is 38.5. The minimum absolute atomic E-state index is 0.00890. The van der Waals surface area contributed by atoms with E-state index in [1.807, 2.05) is 0 Å². The molecule has 7 atom stereocenters. The van der Waals surface area contributed by atoms with Crippen LogP contribution in [-0.4, -0.2) is 190 Å². The second-order valence-corrected chi connectivity index (χ2v) is 45.5. The van der Waals surface area contributed by atoms with E-state index in [-0.39, 0.29) is 63.9 Å². The van der Waals surface area contributed by atoms with Crippen LogP contribution in [0.4, 0.5) is 51.7 Å². The zero-order valence-electron chi connectivity index (χ0n) is 84.8. The molecule has 36 nitrogen and oxygen atoms in total. The van der Waals surface area contributed by atoms with Gasteiger partial charge in [0.1, 0.15) is 11.6 Å². The molecule has 5 unspecified atom stereocenters. The zero-order valence-corrected chi connectivity index (χ0v) is 84.8. The Hall–Kier alpha value is -10.5. The van der Waals surface area contributed by atoms with Crippen molar-refractivity contribution in [3.63, 3.8) is 0 Å². The predicted molar refractivity (Wildman–Crippen MR) is 545 cm³/mol. The Labute approximate surface area is 835 Å². The monoisotopic (exact) mass is 1960 g/mol. The molecular formula is C105H159FN26O10. The Bertz CT molecular complexity index is 5140. The van der Waals surface area contributed by atoms with Gasteiger partial charge in [-0.05, 0) is 246 Å². The molecule has 22 N–H and O–H groups in total. The number of nitrogens with one attached hydrogen (secondary N) is 8. The molecule has 15 fully saturated rings. The number of primary amides is 6. The van der Waals surface area contributed by atoms with Gasteiger partial charge in [-0.2, -0.15) is 9.97 Å². The third kappa shape index (κ3) is 30.1. The standard InChI is InChI=1S/C19H28N4O2.C18H27FN4O2.C18H27N5O2.C17H27N5O2.C17H26N4O.C16H24N4O/c20-18(24)16-11-21-19(23-17(16)10-12-2-1-3-12)22-13-4-6-14(7-5-13)25-15-8-9-15;1-11(19)25-14-7-5-13(6-8-14)22-18-21-10-15(17(20)24)16(23-18)9-12-3-2-4-12;1-17(2)4-3-11(5-13(17)24)21-15-12(14(19)25)9-20-16(22-15)23-18-6-10(7-18)8-18;1-16(2)5-4-10(8-12(16)23)20-14-11(13(18)24)9-19-15(21-14)22-17(3)6-7-17;1-11-4-2-7-13(8-11)20-17-19-10-14(16(18)22)15(21-17)9-12-5-3-6-12;17-15(21)13-10-18-16(19-12-7-2-1-3-8-12)20-14(13)9-11-5-4-6-11/h11-15H,1-10H2,(H2,20,24)(H,21,22,23);10-14H,2-9H2,1H3,(H2,20,24)(H,21,22,23);9-11,13,24H,3-8H2,1-2H3,(H2,19,25)(H2,20,21,22,23);9-10,12,23H,4-8H2,1-3H3,(H2,18,24)(H2,19,20,21,22);10-13H,2-9H2,1H3,(H2,18,22)(H,19,20,21);10-12H,1-9H2,(H2,17,21)(H,18,19,20)/t;;;;11-,13+;/m....0./s1. The summed E-state index contributed by atoms with van der Waals surface area (Å²) in [4.78, 5) is 123. The summed E-state index contributed by atoms with van der Waals surface area (Å²) >= 11 is 0. The van der Waals surface area contributed by atoms with Gasteiger partial charge in [0, 0.05) is 84.5 Å². The lowest BCUT2D eigenvalue weighted by atomic mass is 9.50. The number of alkyl halides is 1. The number of anilines is 8. The number of ether oxygens (including phenoxy) is 2. The van der Waals surface area contributed by atoms with Crippen molar-refractivity contribution in [2.75, 3.05) is 42.5 Å². The molecule has 0 aliphatic heterocycles. The number of aromatic nitrogens is 12. The lowest BCUT2D eigenvalue weighted by Crippen LogP contribution is -2.63. The van der Waals surface area contributed by atoms with Crippen LogP contribution in [-0.2, 0) is 35.2 Å². The van der Waals surface area contributed by atoms with Gasteiger partial charge >= 0.3 is 0 Å². The average molecular weight is 1960 g/mol. The van der Waals surface area contributed by atoms with Crippen LogP contribution in [0.1, 0.15) is 403 Å². The van der Waals surface area contributed by atoms with Gasteiger partial charge in [0.2, 0.25) is 35.7 Å². The molecule has 6 heterocycles. The minimum atomic E-state index is -1.21. The Balaban J connectivity index is 0.000000129. The van der Waals surface area contributed by atoms with Crippen LogP contribution in [0.5, 0.6) is 0 Å². The molecular weight excluding hydrogens is 1800 g/mol. The largest absolute Gasteiger partial charge is 0.392 e. The van der Waals surface area contributed by atoms with Gasteiger partial charge in [0.05, 0.1) is 86.7 Å². The predicted octanol–water partition coefficient (Wildman–Crippen LogP) is 15.1. The van der Waals surface area contributed by atoms with Gasteiger partial charge in [-0.3, -0.25) is 28.8 Å². The van der Waals surface area contributed by atoms with Crippen LogP contribution >= 0.6 is 0 Å². The van der Waals surface area contributed by atoms with Crippen LogP contribution in [0.2, 0.25) is 0 Å². The number of aliphatic hydroxyl groups excluding tert-OH is 2. The van der Waals surface area contributed by atoms with Crippen molar-refractivity contribution in [3.05, 3.63) is 93.3 Å². The summed E-state index contributed by atoms with van der Waals surface area (Å²) in [6, 6.07) is 1.67. The summed E-state index contributed by atoms with van der Waals surface area (Å²) in [6.45, 7) is 14.1. The molecule has 776 valence electrons. The molecule has 0 radical (unpaired) electrons. The third-order valence-electron chi connectivity index (χ3n) is 32.6. The van der Waals surface area contributed by atoms with Crippen molar-refractivity contribution < 1.29 is 52.8 Å². The molecule has 15 saturated carbocycles. The number of nitrogens with zero attached hydrogens (tertiary/aromatic N) is 12. The average Bonchev–Trinajstić information content (AvgIpc) is 1.12. The van der Waals surface area contributed by atoms with Gasteiger partial charge in [-0.1, -0.05) is 144 Å². The second-order valence-electron chi connectivity index (χ2n) is 45.5. The van der Waals surface area contributed by atoms with E-state index in [0.717, 1.165) is 150 Å². The Morgan fingerprint density at radius 2 is 0.669 bits per heavy atom. The normalized spacial score (nSPS) is 26.9. The lowest BCUT2D eigenvalue weighted by Gasteiger charge is -2.61. The maximum absolute atomic E-state index is 12.9. The first kappa shape index (κ1) is 106. The Kier molecular flexibility index (Phi) is 35.7. The summed E-state index contributed by atoms with van der Waals surface area (Å²) in [5, 5.41) is 47.7. The minimum Gasteiger partial charge on any atom is -0.392 e. The number of carbonyl (C=O) groups excluding carboxylic acids is 6. The van der Waals surface area contributed by atoms with E-state index < -0.39 is 41.8 Å². The number of nitrogens with two attached hydrogens (primary N) is 6. The number of carbonyl (C=O) groups is 6. The van der Waals surface area contributed by atoms with Gasteiger partial charge in [-0.25, -0.2) is 54.2 Å². The van der Waals surface area contributed by atoms with E-state index in [2.05, 4.69) is 144 Å². The van der Waals surface area contributed by atoms with Gasteiger partial charge < -0.3 is 96.6 Å². The molecule has 37 heteroatoms. The maximum atomic E-state index is 12.9. The van der Waals surface area contributed by atoms with E-state index >= 15 is 0 Å². The number of halogens is 1. The van der Waals surface area contributed by atoms with E-state index in [9.17, 15) is 43.4 Å². The molecule has 0 spiro atoms. The maximum Gasteiger partial charge on any atom is 0.254 e. The van der Waals surface area contributed by atoms with Gasteiger partial charge in [0.15, 0.2) is 6.36 Å². The quantitative estimate of drug-likeness (QED) is 0.0178. The van der Waals surface area contributed by atoms with E-state index in [0.29, 0.717) is 142 Å². The molecule has 0 aromatic carbocycles. The molecule has 6 aromatic rings. The second kappa shape index (κ2) is 48.0. The van der Waals surface area contributed by atoms with Crippen LogP contribution in [0.15, 0.2) is 37.2 Å². The fourth-order valence-corrected chi connectivity index (χ4v) is 21.6. The molecule has 21 rings (SSSR count). The number of hydrogen-bond donors (Lipinski definition) is 16. The highest BCUT2D eigenvalue weighted by molar-refractivity contribution is 5.99. The Morgan fingerprint density at radius 1 is 0.359 bits per heavy atom. The zero-order chi connectivity index (χ0) is 101. The fourth-order valence-electron chi connectivity index (χ4n) is 21.6. The summed E-state index contributed by atoms with van der Waals surface area (Å²) < 4.78 is 24.2. The molecule has 6 amide bonds. The topological polar surface area (TPSA) is 568 Å². The molecule has 0 saturated heterocycles. The van der Waals surface area contributed by atoms with Crippen LogP contribution in [0, 0.1) is 46.3 Å². The van der Waals surface area contributed by atoms with Crippen LogP contribution < -0.4 is 76.9 Å². The van der Waals surface area contributed by atoms with Gasteiger partial charge in [0.25, 0.3) is 35.4 Å². The first-order chi connectivity index (χ1) is 68.0. The first-order valence-electron chi connectivity index (χ1n) is 53.4. The number of aliphatic hydroxyl groups is 2. The molecule has 15 aliphatic rings. The van der Waals surface area contributed by atoms with Crippen molar-refractivity contribution in [1.29, 1.82) is 0 Å². The molecule has 6 aromatic heterocycles. The number of amides is 6. The smallest absolute Gasteiger partial charge is 0.254 e. The van der Waals surface area contributed by atoms with Crippen molar-refractivity contribution in [2.45, 2.75) is 428 Å². The van der Waals surface area contributed by atoms with E-state index in [4.69, 9.17) is 43.9 Å². The van der Waals surface area contributed by atoms with Crippen LogP contribution in [0.3, 0.4) is 0 Å². The molecule has 2 bridgehead atoms. The molecule has 15 aliphatic carbocycles. The highest BCUT2D eigenvalue weighted by Gasteiger charge is 2.57. The van der Waals surface area contributed by atoms with Crippen molar-refractivity contribution in [2.24, 2.45) is 80.7 Å². The molecule has 142 heavy (non-hydrogen) atoms. The summed E-state index contributed by atoms with van der Waals surface area (Å²) in [7, 11) is 0. The van der Waals surface area contributed by atoms with Crippen LogP contribution in [0.25, 0.3) is 0 Å². The van der Waals surface area contributed by atoms with Gasteiger partial charge in [-0.15, -0.1) is 0 Å². The first-order valence-corrected chi connectivity index (χ1v) is 53.4. The van der Waals surface area contributed by atoms with E-state index in [1.54, 1.807) is 18.6 Å². The number of hydrogen-bond acceptors (Lipinski definition) is 30. The third-order valence-corrected chi connectivity index (χ3v) is 32.6. The Morgan fingerprint density at radius 3 is 0.979 bits per heavy atom. The number of rotatable bonds is 34. The summed E-state index contributed by atoms with van der Waals surface area (Å²) in [6.07, 6.45) is 58.3. The highest BCUT2D eigenvalue weighted by atomic mass is 19.1. The van der Waals surface area contributed by atoms with Crippen molar-refractivity contribution >= 4 is 82.8 Å². The van der Waals surface area contributed by atoms with Crippen molar-refractivity contribution in [1.82, 2.24) is 59.8 Å².